The average molecular weight is 153 g/mol. The fourth-order valence-corrected chi connectivity index (χ4v) is 1.75. The molecule has 0 aromatic heterocycles. The van der Waals surface area contributed by atoms with Crippen molar-refractivity contribution in [1.29, 1.82) is 0 Å². The third-order valence-electron chi connectivity index (χ3n) is 0.526. The van der Waals surface area contributed by atoms with E-state index in [0.29, 0.717) is 0 Å². The van der Waals surface area contributed by atoms with E-state index in [1.165, 1.54) is 0 Å². The molecule has 0 spiro atoms. The zero-order valence-electron chi connectivity index (χ0n) is 3.38. The Bertz CT molecular complexity index is 60.0. The van der Waals surface area contributed by atoms with Gasteiger partial charge in [-0.1, -0.05) is 11.8 Å². The van der Waals surface area contributed by atoms with E-state index in [1.54, 1.807) is 11.8 Å². The standard InChI is InChI=1S/C2H5N2S3/c5-1-3-4-2(6)7-1/h1,3-6H. The van der Waals surface area contributed by atoms with Crippen LogP contribution in [0.4, 0.5) is 0 Å². The SMILES string of the molecule is S[C]1NNC(S)S1. The van der Waals surface area contributed by atoms with Gasteiger partial charge in [-0.3, -0.25) is 0 Å². The highest BCUT2D eigenvalue weighted by Gasteiger charge is 2.17. The number of thiol groups is 2. The maximum atomic E-state index is 4.07. The summed E-state index contributed by atoms with van der Waals surface area (Å²) < 4.78 is 1.03. The molecular formula is C2H5N2S3. The zero-order chi connectivity index (χ0) is 5.28. The van der Waals surface area contributed by atoms with Gasteiger partial charge in [-0.2, -0.15) is 0 Å². The normalized spacial score (nSPS) is 34.3. The zero-order valence-corrected chi connectivity index (χ0v) is 5.99. The van der Waals surface area contributed by atoms with Crippen molar-refractivity contribution in [3.05, 3.63) is 4.71 Å². The molecule has 0 bridgehead atoms. The van der Waals surface area contributed by atoms with E-state index in [0.717, 1.165) is 4.71 Å². The second kappa shape index (κ2) is 2.50. The number of thioether (sulfide) groups is 1. The van der Waals surface area contributed by atoms with E-state index in [9.17, 15) is 0 Å². The molecule has 5 heteroatoms. The first-order chi connectivity index (χ1) is 3.29. The Morgan fingerprint density at radius 2 is 2.43 bits per heavy atom. The highest BCUT2D eigenvalue weighted by molar-refractivity contribution is 8.19. The van der Waals surface area contributed by atoms with Crippen LogP contribution in [0.2, 0.25) is 0 Å². The van der Waals surface area contributed by atoms with Gasteiger partial charge in [-0.25, -0.2) is 10.9 Å². The Morgan fingerprint density at radius 1 is 1.71 bits per heavy atom. The van der Waals surface area contributed by atoms with Gasteiger partial charge in [-0.05, 0) is 0 Å². The summed E-state index contributed by atoms with van der Waals surface area (Å²) >= 11 is 9.62. The number of hydrazine groups is 1. The third kappa shape index (κ3) is 1.73. The van der Waals surface area contributed by atoms with Crippen LogP contribution in [0.15, 0.2) is 0 Å². The lowest BCUT2D eigenvalue weighted by Crippen LogP contribution is -2.26. The molecule has 1 fully saturated rings. The van der Waals surface area contributed by atoms with Crippen LogP contribution in [-0.4, -0.2) is 4.71 Å². The first-order valence-electron chi connectivity index (χ1n) is 1.71. The molecule has 1 saturated heterocycles. The number of nitrogens with one attached hydrogen (secondary N) is 2. The van der Waals surface area contributed by atoms with Gasteiger partial charge in [0.2, 0.25) is 0 Å². The maximum Gasteiger partial charge on any atom is 0.162 e. The minimum Gasteiger partial charge on any atom is -0.233 e. The van der Waals surface area contributed by atoms with Gasteiger partial charge in [0.15, 0.2) is 4.71 Å². The third-order valence-corrected chi connectivity index (χ3v) is 2.07. The van der Waals surface area contributed by atoms with Crippen molar-refractivity contribution < 1.29 is 0 Å². The van der Waals surface area contributed by atoms with Gasteiger partial charge >= 0.3 is 0 Å². The molecular weight excluding hydrogens is 148 g/mol. The van der Waals surface area contributed by atoms with Gasteiger partial charge in [0.1, 0.15) is 4.71 Å². The molecule has 1 aliphatic heterocycles. The summed E-state index contributed by atoms with van der Waals surface area (Å²) in [6.07, 6.45) is 0. The molecule has 0 aliphatic carbocycles. The molecule has 7 heavy (non-hydrogen) atoms. The minimum atomic E-state index is 0.160. The Balaban J connectivity index is 2.26. The Labute approximate surface area is 57.6 Å². The van der Waals surface area contributed by atoms with Gasteiger partial charge in [0.05, 0.1) is 0 Å². The molecule has 0 aromatic rings. The van der Waals surface area contributed by atoms with Crippen molar-refractivity contribution >= 4 is 37.0 Å². The fraction of sp³-hybridized carbons (Fsp3) is 0.500. The fourth-order valence-electron chi connectivity index (χ4n) is 0.288. The molecule has 1 heterocycles. The Kier molecular flexibility index (Phi) is 2.18. The molecule has 1 unspecified atom stereocenters. The van der Waals surface area contributed by atoms with E-state index >= 15 is 0 Å². The van der Waals surface area contributed by atoms with Gasteiger partial charge in [0.25, 0.3) is 0 Å². The summed E-state index contributed by atoms with van der Waals surface area (Å²) in [5.41, 5.74) is 5.62. The number of hydrogen-bond donors (Lipinski definition) is 4. The van der Waals surface area contributed by atoms with Crippen LogP contribution in [0.25, 0.3) is 0 Å². The van der Waals surface area contributed by atoms with E-state index in [2.05, 4.69) is 36.1 Å². The number of rotatable bonds is 0. The second-order valence-electron chi connectivity index (χ2n) is 1.04. The predicted octanol–water partition coefficient (Wildman–Crippen LogP) is 0.418. The van der Waals surface area contributed by atoms with Crippen molar-refractivity contribution in [2.75, 3.05) is 0 Å². The molecule has 1 rings (SSSR count). The monoisotopic (exact) mass is 153 g/mol. The van der Waals surface area contributed by atoms with Gasteiger partial charge in [0, 0.05) is 0 Å². The van der Waals surface area contributed by atoms with Crippen LogP contribution in [0.5, 0.6) is 0 Å². The maximum absolute atomic E-state index is 4.07. The lowest BCUT2D eigenvalue weighted by atomic mass is 11.4. The summed E-state index contributed by atoms with van der Waals surface area (Å²) in [5, 5.41) is 0. The van der Waals surface area contributed by atoms with E-state index in [4.69, 9.17) is 0 Å². The molecule has 41 valence electrons. The van der Waals surface area contributed by atoms with Crippen molar-refractivity contribution in [2.45, 2.75) is 4.71 Å². The van der Waals surface area contributed by atoms with Crippen LogP contribution in [0, 0.1) is 4.71 Å². The number of hydrogen-bond acceptors (Lipinski definition) is 5. The molecule has 2 N–H and O–H groups in total. The minimum absolute atomic E-state index is 0.160. The second-order valence-corrected chi connectivity index (χ2v) is 3.78. The van der Waals surface area contributed by atoms with Crippen molar-refractivity contribution in [1.82, 2.24) is 10.9 Å². The largest absolute Gasteiger partial charge is 0.233 e. The van der Waals surface area contributed by atoms with Gasteiger partial charge in [-0.15, -0.1) is 25.3 Å². The van der Waals surface area contributed by atoms with Gasteiger partial charge < -0.3 is 0 Å². The average Bonchev–Trinajstić information content (AvgIpc) is 1.87. The summed E-state index contributed by atoms with van der Waals surface area (Å²) in [7, 11) is 0. The Hall–Kier alpha value is 0.970. The molecule has 0 amide bonds. The van der Waals surface area contributed by atoms with Crippen LogP contribution in [0.1, 0.15) is 0 Å². The summed E-state index contributed by atoms with van der Waals surface area (Å²) in [4.78, 5) is 0. The molecule has 0 saturated carbocycles. The highest BCUT2D eigenvalue weighted by atomic mass is 32.2. The first kappa shape index (κ1) is 6.10. The van der Waals surface area contributed by atoms with Crippen LogP contribution in [0.3, 0.4) is 0 Å². The molecule has 0 aromatic carbocycles. The Morgan fingerprint density at radius 3 is 2.57 bits per heavy atom. The quantitative estimate of drug-likeness (QED) is 0.379. The first-order valence-corrected chi connectivity index (χ1v) is 3.55. The lowest BCUT2D eigenvalue weighted by Gasteiger charge is -1.92. The van der Waals surface area contributed by atoms with Crippen LogP contribution >= 0.6 is 37.0 Å². The lowest BCUT2D eigenvalue weighted by molar-refractivity contribution is 0.697. The van der Waals surface area contributed by atoms with E-state index in [1.807, 2.05) is 0 Å². The smallest absolute Gasteiger partial charge is 0.162 e. The van der Waals surface area contributed by atoms with E-state index in [-0.39, 0.29) is 4.71 Å². The van der Waals surface area contributed by atoms with E-state index < -0.39 is 0 Å². The van der Waals surface area contributed by atoms with Crippen LogP contribution in [-0.2, 0) is 0 Å². The summed E-state index contributed by atoms with van der Waals surface area (Å²) in [6.45, 7) is 0. The predicted molar refractivity (Wildman–Crippen MR) is 38.9 cm³/mol. The summed E-state index contributed by atoms with van der Waals surface area (Å²) in [6, 6.07) is 0. The van der Waals surface area contributed by atoms with Crippen molar-refractivity contribution in [3.8, 4) is 0 Å². The summed E-state index contributed by atoms with van der Waals surface area (Å²) in [5.74, 6) is 0. The highest BCUT2D eigenvalue weighted by Crippen LogP contribution is 2.29. The molecule has 1 aliphatic rings. The van der Waals surface area contributed by atoms with Crippen molar-refractivity contribution in [2.24, 2.45) is 0 Å². The molecule has 1 atom stereocenters. The molecule has 1 radical (unpaired) electrons. The van der Waals surface area contributed by atoms with Crippen molar-refractivity contribution in [3.63, 3.8) is 0 Å². The topological polar surface area (TPSA) is 24.1 Å². The molecule has 2 nitrogen and oxygen atoms in total. The van der Waals surface area contributed by atoms with Crippen LogP contribution < -0.4 is 10.9 Å².